The minimum absolute atomic E-state index is 0.234. The van der Waals surface area contributed by atoms with Gasteiger partial charge in [-0.1, -0.05) is 30.3 Å². The van der Waals surface area contributed by atoms with Crippen molar-refractivity contribution >= 4 is 17.6 Å². The molecule has 132 valence electrons. The molecule has 25 heavy (non-hydrogen) atoms. The molecule has 3 rings (SSSR count). The van der Waals surface area contributed by atoms with Crippen LogP contribution in [0, 0.1) is 5.92 Å². The summed E-state index contributed by atoms with van der Waals surface area (Å²) in [6.45, 7) is 5.21. The molecule has 0 saturated carbocycles. The summed E-state index contributed by atoms with van der Waals surface area (Å²) >= 11 is 0. The molecule has 1 aliphatic rings. The molecule has 6 heteroatoms. The number of rotatable bonds is 6. The van der Waals surface area contributed by atoms with Crippen LogP contribution in [0.5, 0.6) is 0 Å². The zero-order chi connectivity index (χ0) is 17.6. The predicted molar refractivity (Wildman–Crippen MR) is 97.8 cm³/mol. The van der Waals surface area contributed by atoms with Gasteiger partial charge in [0.1, 0.15) is 18.0 Å². The van der Waals surface area contributed by atoms with Gasteiger partial charge in [-0.05, 0) is 25.3 Å². The largest absolute Gasteiger partial charge is 0.481 e. The summed E-state index contributed by atoms with van der Waals surface area (Å²) in [6.07, 6.45) is 2.92. The van der Waals surface area contributed by atoms with Crippen molar-refractivity contribution < 1.29 is 9.90 Å². The van der Waals surface area contributed by atoms with Crippen molar-refractivity contribution in [2.24, 2.45) is 5.92 Å². The van der Waals surface area contributed by atoms with E-state index in [-0.39, 0.29) is 5.92 Å². The van der Waals surface area contributed by atoms with E-state index in [4.69, 9.17) is 5.11 Å². The maximum atomic E-state index is 11.1. The molecule has 0 aliphatic carbocycles. The van der Waals surface area contributed by atoms with Crippen LogP contribution in [-0.2, 0) is 11.3 Å². The van der Waals surface area contributed by atoms with Crippen LogP contribution >= 0.6 is 0 Å². The van der Waals surface area contributed by atoms with E-state index in [1.54, 1.807) is 6.33 Å². The maximum absolute atomic E-state index is 11.1. The highest BCUT2D eigenvalue weighted by Crippen LogP contribution is 2.24. The first kappa shape index (κ1) is 17.2. The number of carbonyl (C=O) groups is 1. The van der Waals surface area contributed by atoms with Gasteiger partial charge in [-0.25, -0.2) is 9.97 Å². The van der Waals surface area contributed by atoms with Crippen LogP contribution < -0.4 is 9.80 Å². The molecular formula is C19H24N4O2. The molecule has 6 nitrogen and oxygen atoms in total. The molecule has 1 aromatic heterocycles. The van der Waals surface area contributed by atoms with Gasteiger partial charge in [0.2, 0.25) is 0 Å². The van der Waals surface area contributed by atoms with Gasteiger partial charge >= 0.3 is 5.97 Å². The minimum atomic E-state index is -0.692. The van der Waals surface area contributed by atoms with Crippen molar-refractivity contribution in [3.05, 3.63) is 48.3 Å². The number of hydrogen-bond donors (Lipinski definition) is 1. The van der Waals surface area contributed by atoms with Gasteiger partial charge in [-0.15, -0.1) is 0 Å². The molecule has 1 aromatic carbocycles. The number of carboxylic acids is 1. The maximum Gasteiger partial charge on any atom is 0.306 e. The monoisotopic (exact) mass is 340 g/mol. The number of aromatic nitrogens is 2. The number of nitrogens with zero attached hydrogens (tertiary/aromatic N) is 4. The summed E-state index contributed by atoms with van der Waals surface area (Å²) in [5.74, 6) is 0.850. The molecule has 0 bridgehead atoms. The Morgan fingerprint density at radius 2 is 1.96 bits per heavy atom. The van der Waals surface area contributed by atoms with E-state index >= 15 is 0 Å². The lowest BCUT2D eigenvalue weighted by Gasteiger charge is -2.31. The third-order valence-electron chi connectivity index (χ3n) is 4.73. The third-order valence-corrected chi connectivity index (χ3v) is 4.73. The fourth-order valence-electron chi connectivity index (χ4n) is 3.20. The number of anilines is 2. The van der Waals surface area contributed by atoms with Gasteiger partial charge in [-0.3, -0.25) is 4.79 Å². The SMILES string of the molecule is CCN(Cc1ccccc1)c1cc(N2CCC(C(=O)O)CC2)ncn1. The Kier molecular flexibility index (Phi) is 5.48. The fraction of sp³-hybridized carbons (Fsp3) is 0.421. The fourth-order valence-corrected chi connectivity index (χ4v) is 3.20. The molecule has 0 atom stereocenters. The summed E-state index contributed by atoms with van der Waals surface area (Å²) in [5.41, 5.74) is 1.24. The van der Waals surface area contributed by atoms with E-state index in [9.17, 15) is 4.79 Å². The van der Waals surface area contributed by atoms with Crippen LogP contribution in [0.3, 0.4) is 0 Å². The number of benzene rings is 1. The first-order valence-electron chi connectivity index (χ1n) is 8.76. The van der Waals surface area contributed by atoms with Gasteiger partial charge in [0.05, 0.1) is 5.92 Å². The van der Waals surface area contributed by atoms with Crippen LogP contribution in [0.15, 0.2) is 42.7 Å². The Hall–Kier alpha value is -2.63. The standard InChI is InChI=1S/C19H24N4O2/c1-2-22(13-15-6-4-3-5-7-15)17-12-18(21-14-20-17)23-10-8-16(9-11-23)19(24)25/h3-7,12,14,16H,2,8-11,13H2,1H3,(H,24,25). The second kappa shape index (κ2) is 7.96. The molecule has 0 amide bonds. The molecule has 1 fully saturated rings. The van der Waals surface area contributed by atoms with Crippen LogP contribution in [0.1, 0.15) is 25.3 Å². The van der Waals surface area contributed by atoms with E-state index in [2.05, 4.69) is 38.8 Å². The lowest BCUT2D eigenvalue weighted by molar-refractivity contribution is -0.142. The normalized spacial score (nSPS) is 15.2. The van der Waals surface area contributed by atoms with Crippen molar-refractivity contribution in [1.29, 1.82) is 0 Å². The molecule has 0 unspecified atom stereocenters. The topological polar surface area (TPSA) is 69.6 Å². The molecule has 1 saturated heterocycles. The molecule has 2 heterocycles. The van der Waals surface area contributed by atoms with Gasteiger partial charge in [-0.2, -0.15) is 0 Å². The quantitative estimate of drug-likeness (QED) is 0.872. The van der Waals surface area contributed by atoms with Gasteiger partial charge in [0.25, 0.3) is 0 Å². The van der Waals surface area contributed by atoms with Crippen LogP contribution in [-0.4, -0.2) is 40.7 Å². The molecule has 1 aliphatic heterocycles. The van der Waals surface area contributed by atoms with Crippen LogP contribution in [0.25, 0.3) is 0 Å². The molecule has 1 N–H and O–H groups in total. The Morgan fingerprint density at radius 3 is 2.60 bits per heavy atom. The second-order valence-electron chi connectivity index (χ2n) is 6.33. The average molecular weight is 340 g/mol. The van der Waals surface area contributed by atoms with Crippen molar-refractivity contribution in [3.63, 3.8) is 0 Å². The van der Waals surface area contributed by atoms with E-state index in [1.165, 1.54) is 5.56 Å². The zero-order valence-electron chi connectivity index (χ0n) is 14.5. The number of piperidine rings is 1. The second-order valence-corrected chi connectivity index (χ2v) is 6.33. The Labute approximate surface area is 148 Å². The number of hydrogen-bond acceptors (Lipinski definition) is 5. The minimum Gasteiger partial charge on any atom is -0.481 e. The van der Waals surface area contributed by atoms with E-state index in [1.807, 2.05) is 24.3 Å². The van der Waals surface area contributed by atoms with Crippen LogP contribution in [0.2, 0.25) is 0 Å². The average Bonchev–Trinajstić information content (AvgIpc) is 2.67. The highest BCUT2D eigenvalue weighted by molar-refractivity contribution is 5.70. The molecular weight excluding hydrogens is 316 g/mol. The number of carboxylic acid groups (broad SMARTS) is 1. The number of aliphatic carboxylic acids is 1. The first-order chi connectivity index (χ1) is 12.2. The predicted octanol–water partition coefficient (Wildman–Crippen LogP) is 2.80. The molecule has 0 spiro atoms. The lowest BCUT2D eigenvalue weighted by Crippen LogP contribution is -2.37. The van der Waals surface area contributed by atoms with Crippen molar-refractivity contribution in [2.75, 3.05) is 29.4 Å². The van der Waals surface area contributed by atoms with E-state index < -0.39 is 5.97 Å². The zero-order valence-corrected chi connectivity index (χ0v) is 14.5. The van der Waals surface area contributed by atoms with Gasteiger partial charge in [0, 0.05) is 32.2 Å². The summed E-state index contributed by atoms with van der Waals surface area (Å²) in [7, 11) is 0. The van der Waals surface area contributed by atoms with Crippen molar-refractivity contribution in [2.45, 2.75) is 26.3 Å². The van der Waals surface area contributed by atoms with E-state index in [0.717, 1.165) is 37.8 Å². The van der Waals surface area contributed by atoms with Crippen LogP contribution in [0.4, 0.5) is 11.6 Å². The highest BCUT2D eigenvalue weighted by Gasteiger charge is 2.25. The van der Waals surface area contributed by atoms with Crippen molar-refractivity contribution in [1.82, 2.24) is 9.97 Å². The summed E-state index contributed by atoms with van der Waals surface area (Å²) in [5, 5.41) is 9.13. The highest BCUT2D eigenvalue weighted by atomic mass is 16.4. The van der Waals surface area contributed by atoms with Crippen molar-refractivity contribution in [3.8, 4) is 0 Å². The summed E-state index contributed by atoms with van der Waals surface area (Å²) in [6, 6.07) is 12.3. The van der Waals surface area contributed by atoms with Gasteiger partial charge < -0.3 is 14.9 Å². The summed E-state index contributed by atoms with van der Waals surface area (Å²) < 4.78 is 0. The first-order valence-corrected chi connectivity index (χ1v) is 8.76. The molecule has 2 aromatic rings. The summed E-state index contributed by atoms with van der Waals surface area (Å²) in [4.78, 5) is 24.3. The Morgan fingerprint density at radius 1 is 1.24 bits per heavy atom. The lowest BCUT2D eigenvalue weighted by atomic mass is 9.97. The third kappa shape index (κ3) is 4.26. The Bertz CT molecular complexity index is 700. The smallest absolute Gasteiger partial charge is 0.306 e. The van der Waals surface area contributed by atoms with E-state index in [0.29, 0.717) is 12.8 Å². The Balaban J connectivity index is 1.71. The van der Waals surface area contributed by atoms with Gasteiger partial charge in [0.15, 0.2) is 0 Å². The molecule has 0 radical (unpaired) electrons.